The minimum atomic E-state index is -0.896. The van der Waals surface area contributed by atoms with Crippen molar-refractivity contribution in [2.75, 3.05) is 19.7 Å². The van der Waals surface area contributed by atoms with Crippen LogP contribution in [0.4, 0.5) is 0 Å². The number of hydrogen-bond acceptors (Lipinski definition) is 7. The minimum Gasteiger partial charge on any atom is -0.393 e. The summed E-state index contributed by atoms with van der Waals surface area (Å²) in [6.07, 6.45) is 2.73. The first-order chi connectivity index (χ1) is 10.8. The van der Waals surface area contributed by atoms with E-state index in [1.54, 1.807) is 11.0 Å². The smallest absolute Gasteiger partial charge is 0.138 e. The molecule has 1 aliphatic rings. The summed E-state index contributed by atoms with van der Waals surface area (Å²) in [6, 6.07) is 1.89. The number of aliphatic hydroxyl groups excluding tert-OH is 2. The summed E-state index contributed by atoms with van der Waals surface area (Å²) >= 11 is 0. The number of hydrogen-bond donors (Lipinski definition) is 2. The first-order valence-corrected chi connectivity index (χ1v) is 7.55. The van der Waals surface area contributed by atoms with Crippen LogP contribution in [0.25, 0.3) is 0 Å². The predicted octanol–water partition coefficient (Wildman–Crippen LogP) is -0.809. The van der Waals surface area contributed by atoms with E-state index in [9.17, 15) is 5.11 Å². The van der Waals surface area contributed by atoms with E-state index in [-0.39, 0.29) is 6.61 Å². The summed E-state index contributed by atoms with van der Waals surface area (Å²) < 4.78 is 3.67. The van der Waals surface area contributed by atoms with Gasteiger partial charge in [-0.05, 0) is 29.3 Å². The molecule has 2 aromatic rings. The molecule has 3 heterocycles. The summed E-state index contributed by atoms with van der Waals surface area (Å²) in [6.45, 7) is 4.14. The van der Waals surface area contributed by atoms with Gasteiger partial charge in [0.1, 0.15) is 12.4 Å². The van der Waals surface area contributed by atoms with Gasteiger partial charge in [-0.1, -0.05) is 0 Å². The molecule has 1 aliphatic heterocycles. The second-order valence-electron chi connectivity index (χ2n) is 5.54. The van der Waals surface area contributed by atoms with E-state index in [0.717, 1.165) is 51.3 Å². The highest BCUT2D eigenvalue weighted by atomic mass is 16.3. The summed E-state index contributed by atoms with van der Waals surface area (Å²) in [5.74, 6) is 0. The molecule has 0 amide bonds. The number of rotatable bonds is 6. The second kappa shape index (κ2) is 6.95. The number of aliphatic hydroxyl groups is 2. The van der Waals surface area contributed by atoms with Crippen LogP contribution in [0.5, 0.6) is 0 Å². The fraction of sp³-hybridized carbons (Fsp3) is 0.692. The highest BCUT2D eigenvalue weighted by Gasteiger charge is 2.19. The largest absolute Gasteiger partial charge is 0.393 e. The lowest BCUT2D eigenvalue weighted by Gasteiger charge is -2.19. The van der Waals surface area contributed by atoms with Crippen molar-refractivity contribution in [2.45, 2.75) is 38.6 Å². The molecule has 0 bridgehead atoms. The molecule has 0 unspecified atom stereocenters. The Labute approximate surface area is 128 Å². The van der Waals surface area contributed by atoms with Crippen LogP contribution in [0, 0.1) is 0 Å². The van der Waals surface area contributed by atoms with Crippen LogP contribution in [-0.4, -0.2) is 64.8 Å². The van der Waals surface area contributed by atoms with Gasteiger partial charge in [-0.3, -0.25) is 9.58 Å². The quantitative estimate of drug-likeness (QED) is 0.719. The van der Waals surface area contributed by atoms with Gasteiger partial charge in [0.15, 0.2) is 0 Å². The molecule has 3 rings (SSSR count). The molecule has 0 fully saturated rings. The normalized spacial score (nSPS) is 17.2. The van der Waals surface area contributed by atoms with Gasteiger partial charge >= 0.3 is 0 Å². The zero-order valence-electron chi connectivity index (χ0n) is 12.4. The maximum absolute atomic E-state index is 9.70. The average molecular weight is 307 g/mol. The van der Waals surface area contributed by atoms with E-state index in [0.29, 0.717) is 5.69 Å². The maximum atomic E-state index is 9.70. The zero-order valence-corrected chi connectivity index (χ0v) is 12.4. The Morgan fingerprint density at radius 2 is 2.18 bits per heavy atom. The van der Waals surface area contributed by atoms with Crippen LogP contribution in [0.1, 0.15) is 30.3 Å². The van der Waals surface area contributed by atoms with Crippen molar-refractivity contribution in [1.29, 1.82) is 0 Å². The second-order valence-corrected chi connectivity index (χ2v) is 5.54. The summed E-state index contributed by atoms with van der Waals surface area (Å²) in [5, 5.41) is 34.2. The molecule has 1 atom stereocenters. The molecule has 2 N–H and O–H groups in total. The van der Waals surface area contributed by atoms with Crippen molar-refractivity contribution in [1.82, 2.24) is 34.9 Å². The molecule has 9 nitrogen and oxygen atoms in total. The predicted molar refractivity (Wildman–Crippen MR) is 76.6 cm³/mol. The zero-order chi connectivity index (χ0) is 15.4. The van der Waals surface area contributed by atoms with Crippen LogP contribution < -0.4 is 0 Å². The van der Waals surface area contributed by atoms with Crippen molar-refractivity contribution in [2.24, 2.45) is 0 Å². The fourth-order valence-electron chi connectivity index (χ4n) is 2.74. The number of fused-ring (bicyclic) bond motifs is 1. The van der Waals surface area contributed by atoms with Gasteiger partial charge in [0, 0.05) is 32.7 Å². The number of nitrogens with zero attached hydrogens (tertiary/aromatic N) is 7. The highest BCUT2D eigenvalue weighted by molar-refractivity contribution is 5.13. The molecule has 0 saturated heterocycles. The average Bonchev–Trinajstić information content (AvgIpc) is 3.13. The van der Waals surface area contributed by atoms with Crippen LogP contribution in [0.2, 0.25) is 0 Å². The Balaban J connectivity index is 1.57. The first kappa shape index (κ1) is 15.1. The molecule has 2 aromatic heterocycles. The van der Waals surface area contributed by atoms with E-state index < -0.39 is 6.10 Å². The SMILES string of the molecule is OC[C@H](O)c1cc2n(n1)CCCN(CCCn1cnnn1)C2. The molecule has 0 aromatic carbocycles. The topological polar surface area (TPSA) is 105 Å². The molecule has 0 radical (unpaired) electrons. The van der Waals surface area contributed by atoms with E-state index in [1.165, 1.54) is 0 Å². The molecule has 9 heteroatoms. The van der Waals surface area contributed by atoms with E-state index in [2.05, 4.69) is 25.5 Å². The monoisotopic (exact) mass is 307 g/mol. The minimum absolute atomic E-state index is 0.299. The van der Waals surface area contributed by atoms with Crippen LogP contribution in [-0.2, 0) is 19.6 Å². The lowest BCUT2D eigenvalue weighted by molar-refractivity contribution is 0.0916. The molecular formula is C13H21N7O2. The highest BCUT2D eigenvalue weighted by Crippen LogP contribution is 2.18. The van der Waals surface area contributed by atoms with Crippen LogP contribution in [0.15, 0.2) is 12.4 Å². The van der Waals surface area contributed by atoms with Gasteiger partial charge in [0.25, 0.3) is 0 Å². The van der Waals surface area contributed by atoms with Crippen molar-refractivity contribution in [3.8, 4) is 0 Å². The van der Waals surface area contributed by atoms with Crippen molar-refractivity contribution in [3.05, 3.63) is 23.8 Å². The van der Waals surface area contributed by atoms with E-state index in [1.807, 2.05) is 10.7 Å². The van der Waals surface area contributed by atoms with Crippen LogP contribution in [0.3, 0.4) is 0 Å². The standard InChI is InChI=1S/C13H21N7O2/c21-9-13(22)12-7-11-8-18(4-2-6-20(11)15-12)3-1-5-19-10-14-16-17-19/h7,10,13,21-22H,1-6,8-9H2/t13-/m0/s1. The van der Waals surface area contributed by atoms with E-state index in [4.69, 9.17) is 5.11 Å². The van der Waals surface area contributed by atoms with Gasteiger partial charge in [0.05, 0.1) is 18.0 Å². The third-order valence-corrected chi connectivity index (χ3v) is 3.88. The van der Waals surface area contributed by atoms with Crippen molar-refractivity contribution >= 4 is 0 Å². The summed E-state index contributed by atoms with van der Waals surface area (Å²) in [7, 11) is 0. The summed E-state index contributed by atoms with van der Waals surface area (Å²) in [5.41, 5.74) is 1.63. The Bertz CT molecular complexity index is 583. The Morgan fingerprint density at radius 1 is 1.27 bits per heavy atom. The summed E-state index contributed by atoms with van der Waals surface area (Å²) in [4.78, 5) is 2.37. The van der Waals surface area contributed by atoms with Crippen molar-refractivity contribution in [3.63, 3.8) is 0 Å². The Hall–Kier alpha value is -1.84. The number of aryl methyl sites for hydroxylation is 2. The third-order valence-electron chi connectivity index (χ3n) is 3.88. The third kappa shape index (κ3) is 3.49. The van der Waals surface area contributed by atoms with E-state index >= 15 is 0 Å². The van der Waals surface area contributed by atoms with Gasteiger partial charge in [-0.2, -0.15) is 5.10 Å². The van der Waals surface area contributed by atoms with Gasteiger partial charge < -0.3 is 10.2 Å². The van der Waals surface area contributed by atoms with Crippen molar-refractivity contribution < 1.29 is 10.2 Å². The van der Waals surface area contributed by atoms with Crippen LogP contribution >= 0.6 is 0 Å². The first-order valence-electron chi connectivity index (χ1n) is 7.55. The molecule has 22 heavy (non-hydrogen) atoms. The molecule has 120 valence electrons. The number of aromatic nitrogens is 6. The fourth-order valence-corrected chi connectivity index (χ4v) is 2.74. The van der Waals surface area contributed by atoms with Gasteiger partial charge in [-0.15, -0.1) is 5.10 Å². The Kier molecular flexibility index (Phi) is 4.76. The Morgan fingerprint density at radius 3 is 2.95 bits per heavy atom. The molecule has 0 saturated carbocycles. The molecular weight excluding hydrogens is 286 g/mol. The maximum Gasteiger partial charge on any atom is 0.138 e. The number of tetrazole rings is 1. The lowest BCUT2D eigenvalue weighted by atomic mass is 10.2. The van der Waals surface area contributed by atoms with Gasteiger partial charge in [-0.25, -0.2) is 4.68 Å². The lowest BCUT2D eigenvalue weighted by Crippen LogP contribution is -2.25. The molecule has 0 aliphatic carbocycles. The van der Waals surface area contributed by atoms with Gasteiger partial charge in [0.2, 0.25) is 0 Å². The molecule has 0 spiro atoms.